The third-order valence-corrected chi connectivity index (χ3v) is 2.60. The minimum atomic E-state index is 0.913. The zero-order chi connectivity index (χ0) is 12.1. The first-order valence-corrected chi connectivity index (χ1v) is 5.92. The Morgan fingerprint density at radius 3 is 2.94 bits per heavy atom. The van der Waals surface area contributed by atoms with Crippen LogP contribution in [0.2, 0.25) is 0 Å². The Bertz CT molecular complexity index is 462. The van der Waals surface area contributed by atoms with E-state index in [4.69, 9.17) is 0 Å². The Labute approximate surface area is 102 Å². The molecule has 0 saturated heterocycles. The quantitative estimate of drug-likeness (QED) is 0.772. The maximum atomic E-state index is 4.58. The van der Waals surface area contributed by atoms with E-state index in [9.17, 15) is 0 Å². The molecule has 0 bridgehead atoms. The SMILES string of the molecule is CNCCCc1nc(C)cc(-c2ccc[nH]2)n1. The molecule has 0 aliphatic rings. The Kier molecular flexibility index (Phi) is 3.88. The summed E-state index contributed by atoms with van der Waals surface area (Å²) in [6, 6.07) is 6.01. The maximum absolute atomic E-state index is 4.58. The number of hydrogen-bond acceptors (Lipinski definition) is 3. The first-order valence-electron chi connectivity index (χ1n) is 5.92. The van der Waals surface area contributed by atoms with E-state index in [0.29, 0.717) is 0 Å². The summed E-state index contributed by atoms with van der Waals surface area (Å²) in [5.41, 5.74) is 3.04. The molecule has 0 atom stereocenters. The standard InChI is InChI=1S/C13H18N4/c1-10-9-12(11-5-3-8-15-11)17-13(16-10)6-4-7-14-2/h3,5,8-9,14-15H,4,6-7H2,1-2H3. The van der Waals surface area contributed by atoms with Gasteiger partial charge < -0.3 is 10.3 Å². The number of aryl methyl sites for hydroxylation is 2. The van der Waals surface area contributed by atoms with E-state index < -0.39 is 0 Å². The molecule has 2 aromatic rings. The molecule has 0 unspecified atom stereocenters. The van der Waals surface area contributed by atoms with Crippen LogP contribution >= 0.6 is 0 Å². The zero-order valence-corrected chi connectivity index (χ0v) is 10.3. The molecule has 0 spiro atoms. The fourth-order valence-electron chi connectivity index (χ4n) is 1.79. The van der Waals surface area contributed by atoms with Crippen LogP contribution < -0.4 is 5.32 Å². The van der Waals surface area contributed by atoms with Crippen molar-refractivity contribution in [2.75, 3.05) is 13.6 Å². The number of nitrogens with zero attached hydrogens (tertiary/aromatic N) is 2. The zero-order valence-electron chi connectivity index (χ0n) is 10.3. The lowest BCUT2D eigenvalue weighted by atomic mass is 10.2. The van der Waals surface area contributed by atoms with E-state index in [1.807, 2.05) is 38.4 Å². The molecule has 0 aromatic carbocycles. The first kappa shape index (κ1) is 11.8. The highest BCUT2D eigenvalue weighted by molar-refractivity contribution is 5.54. The van der Waals surface area contributed by atoms with Gasteiger partial charge >= 0.3 is 0 Å². The Hall–Kier alpha value is -1.68. The van der Waals surface area contributed by atoms with Gasteiger partial charge in [-0.15, -0.1) is 0 Å². The average Bonchev–Trinajstić information content (AvgIpc) is 2.82. The lowest BCUT2D eigenvalue weighted by Gasteiger charge is -2.04. The normalized spacial score (nSPS) is 10.7. The van der Waals surface area contributed by atoms with Crippen molar-refractivity contribution in [1.29, 1.82) is 0 Å². The van der Waals surface area contributed by atoms with Gasteiger partial charge in [0.2, 0.25) is 0 Å². The van der Waals surface area contributed by atoms with Gasteiger partial charge in [-0.3, -0.25) is 0 Å². The van der Waals surface area contributed by atoms with Gasteiger partial charge in [0, 0.05) is 18.3 Å². The van der Waals surface area contributed by atoms with Gasteiger partial charge in [0.05, 0.1) is 11.4 Å². The molecule has 0 saturated carbocycles. The summed E-state index contributed by atoms with van der Waals surface area (Å²) in [5, 5.41) is 3.13. The van der Waals surface area contributed by atoms with Gasteiger partial charge in [0.25, 0.3) is 0 Å². The highest BCUT2D eigenvalue weighted by Gasteiger charge is 2.04. The molecule has 90 valence electrons. The van der Waals surface area contributed by atoms with Crippen LogP contribution in [0.3, 0.4) is 0 Å². The molecule has 2 rings (SSSR count). The van der Waals surface area contributed by atoms with Gasteiger partial charge in [-0.1, -0.05) is 0 Å². The van der Waals surface area contributed by atoms with Crippen LogP contribution in [-0.4, -0.2) is 28.5 Å². The smallest absolute Gasteiger partial charge is 0.129 e. The molecule has 17 heavy (non-hydrogen) atoms. The van der Waals surface area contributed by atoms with E-state index in [2.05, 4.69) is 20.3 Å². The van der Waals surface area contributed by atoms with E-state index >= 15 is 0 Å². The van der Waals surface area contributed by atoms with E-state index in [1.54, 1.807) is 0 Å². The molecule has 0 aliphatic carbocycles. The fourth-order valence-corrected chi connectivity index (χ4v) is 1.79. The van der Waals surface area contributed by atoms with Gasteiger partial charge in [0.1, 0.15) is 5.82 Å². The van der Waals surface area contributed by atoms with Crippen molar-refractivity contribution < 1.29 is 0 Å². The fraction of sp³-hybridized carbons (Fsp3) is 0.385. The highest BCUT2D eigenvalue weighted by Crippen LogP contribution is 2.15. The van der Waals surface area contributed by atoms with Crippen molar-refractivity contribution in [3.63, 3.8) is 0 Å². The first-order chi connectivity index (χ1) is 8.29. The summed E-state index contributed by atoms with van der Waals surface area (Å²) < 4.78 is 0. The lowest BCUT2D eigenvalue weighted by molar-refractivity contribution is 0.700. The Morgan fingerprint density at radius 1 is 1.35 bits per heavy atom. The highest BCUT2D eigenvalue weighted by atomic mass is 14.9. The predicted molar refractivity (Wildman–Crippen MR) is 68.8 cm³/mol. The van der Waals surface area contributed by atoms with E-state index in [0.717, 1.165) is 42.3 Å². The maximum Gasteiger partial charge on any atom is 0.129 e. The van der Waals surface area contributed by atoms with Crippen molar-refractivity contribution in [2.45, 2.75) is 19.8 Å². The van der Waals surface area contributed by atoms with Crippen LogP contribution in [0.25, 0.3) is 11.4 Å². The van der Waals surface area contributed by atoms with Crippen LogP contribution in [0.1, 0.15) is 17.9 Å². The summed E-state index contributed by atoms with van der Waals surface area (Å²) in [6.07, 6.45) is 3.88. The summed E-state index contributed by atoms with van der Waals surface area (Å²) in [4.78, 5) is 12.2. The molecule has 4 nitrogen and oxygen atoms in total. The molecule has 2 aromatic heterocycles. The van der Waals surface area contributed by atoms with Crippen molar-refractivity contribution in [2.24, 2.45) is 0 Å². The summed E-state index contributed by atoms with van der Waals surface area (Å²) in [5.74, 6) is 0.921. The van der Waals surface area contributed by atoms with Crippen LogP contribution in [0, 0.1) is 6.92 Å². The van der Waals surface area contributed by atoms with Crippen LogP contribution in [-0.2, 0) is 6.42 Å². The number of nitrogens with one attached hydrogen (secondary N) is 2. The largest absolute Gasteiger partial charge is 0.360 e. The van der Waals surface area contributed by atoms with E-state index in [-0.39, 0.29) is 0 Å². The van der Waals surface area contributed by atoms with Crippen LogP contribution in [0.4, 0.5) is 0 Å². The van der Waals surface area contributed by atoms with Crippen molar-refractivity contribution in [1.82, 2.24) is 20.3 Å². The second-order valence-electron chi connectivity index (χ2n) is 4.10. The molecule has 2 heterocycles. The summed E-state index contributed by atoms with van der Waals surface area (Å²) >= 11 is 0. The predicted octanol–water partition coefficient (Wildman–Crippen LogP) is 1.93. The van der Waals surface area contributed by atoms with Gasteiger partial charge in [-0.2, -0.15) is 0 Å². The molecule has 2 N–H and O–H groups in total. The van der Waals surface area contributed by atoms with Gasteiger partial charge in [-0.05, 0) is 45.1 Å². The minimum Gasteiger partial charge on any atom is -0.360 e. The lowest BCUT2D eigenvalue weighted by Crippen LogP contribution is -2.10. The van der Waals surface area contributed by atoms with Crippen molar-refractivity contribution in [3.05, 3.63) is 35.9 Å². The molecule has 0 fully saturated rings. The van der Waals surface area contributed by atoms with Crippen LogP contribution in [0.5, 0.6) is 0 Å². The summed E-state index contributed by atoms with van der Waals surface area (Å²) in [6.45, 7) is 3.00. The number of H-pyrrole nitrogens is 1. The van der Waals surface area contributed by atoms with Crippen LogP contribution in [0.15, 0.2) is 24.4 Å². The number of aromatic amines is 1. The molecule has 4 heteroatoms. The Balaban J connectivity index is 2.18. The van der Waals surface area contributed by atoms with Crippen molar-refractivity contribution >= 4 is 0 Å². The van der Waals surface area contributed by atoms with E-state index in [1.165, 1.54) is 0 Å². The Morgan fingerprint density at radius 2 is 2.24 bits per heavy atom. The number of aromatic nitrogens is 3. The summed E-state index contributed by atoms with van der Waals surface area (Å²) in [7, 11) is 1.96. The minimum absolute atomic E-state index is 0.913. The molecule has 0 aliphatic heterocycles. The molecular weight excluding hydrogens is 212 g/mol. The second kappa shape index (κ2) is 5.59. The van der Waals surface area contributed by atoms with Gasteiger partial charge in [-0.25, -0.2) is 9.97 Å². The third-order valence-electron chi connectivity index (χ3n) is 2.60. The van der Waals surface area contributed by atoms with Crippen molar-refractivity contribution in [3.8, 4) is 11.4 Å². The molecule has 0 radical (unpaired) electrons. The molecular formula is C13H18N4. The monoisotopic (exact) mass is 230 g/mol. The molecule has 0 amide bonds. The topological polar surface area (TPSA) is 53.6 Å². The third kappa shape index (κ3) is 3.14. The second-order valence-corrected chi connectivity index (χ2v) is 4.10. The van der Waals surface area contributed by atoms with Gasteiger partial charge in [0.15, 0.2) is 0 Å². The number of hydrogen-bond donors (Lipinski definition) is 2. The number of rotatable bonds is 5. The average molecular weight is 230 g/mol.